The van der Waals surface area contributed by atoms with E-state index in [9.17, 15) is 4.79 Å². The van der Waals surface area contributed by atoms with Crippen LogP contribution in [0.3, 0.4) is 0 Å². The number of nitrogens with zero attached hydrogens (tertiary/aromatic N) is 4. The van der Waals surface area contributed by atoms with Crippen molar-refractivity contribution in [2.24, 2.45) is 0 Å². The number of anilines is 1. The first-order valence-electron chi connectivity index (χ1n) is 6.29. The van der Waals surface area contributed by atoms with Crippen LogP contribution in [-0.2, 0) is 6.54 Å². The summed E-state index contributed by atoms with van der Waals surface area (Å²) in [6, 6.07) is 7.54. The first-order chi connectivity index (χ1) is 9.11. The minimum Gasteiger partial charge on any atom is -0.289 e. The smallest absolute Gasteiger partial charge is 0.258 e. The van der Waals surface area contributed by atoms with Gasteiger partial charge in [-0.2, -0.15) is 0 Å². The highest BCUT2D eigenvalue weighted by Gasteiger charge is 2.11. The zero-order valence-corrected chi connectivity index (χ0v) is 11.3. The van der Waals surface area contributed by atoms with Crippen molar-refractivity contribution in [1.82, 2.24) is 20.2 Å². The van der Waals surface area contributed by atoms with Gasteiger partial charge >= 0.3 is 0 Å². The molecule has 6 nitrogen and oxygen atoms in total. The molecule has 0 fully saturated rings. The molecule has 1 amide bonds. The Morgan fingerprint density at radius 3 is 2.58 bits per heavy atom. The SMILES string of the molecule is CCn1nnnc1NC(=O)c1ccc(C(C)C)cc1. The van der Waals surface area contributed by atoms with Gasteiger partial charge < -0.3 is 0 Å². The Bertz CT molecular complexity index is 559. The molecule has 0 spiro atoms. The molecule has 1 N–H and O–H groups in total. The van der Waals surface area contributed by atoms with Gasteiger partial charge in [-0.15, -0.1) is 0 Å². The quantitative estimate of drug-likeness (QED) is 0.912. The Morgan fingerprint density at radius 1 is 1.32 bits per heavy atom. The van der Waals surface area contributed by atoms with Gasteiger partial charge in [0.15, 0.2) is 0 Å². The maximum Gasteiger partial charge on any atom is 0.258 e. The van der Waals surface area contributed by atoms with Crippen LogP contribution in [0.5, 0.6) is 0 Å². The van der Waals surface area contributed by atoms with Crippen LogP contribution in [-0.4, -0.2) is 26.1 Å². The lowest BCUT2D eigenvalue weighted by Crippen LogP contribution is -2.16. The van der Waals surface area contributed by atoms with Crippen molar-refractivity contribution < 1.29 is 4.79 Å². The molecule has 1 aromatic heterocycles. The highest BCUT2D eigenvalue weighted by atomic mass is 16.1. The molecule has 19 heavy (non-hydrogen) atoms. The number of aryl methyl sites for hydroxylation is 1. The lowest BCUT2D eigenvalue weighted by molar-refractivity contribution is 0.102. The minimum atomic E-state index is -0.209. The normalized spacial score (nSPS) is 10.7. The summed E-state index contributed by atoms with van der Waals surface area (Å²) in [6.45, 7) is 6.74. The first-order valence-corrected chi connectivity index (χ1v) is 6.29. The zero-order valence-electron chi connectivity index (χ0n) is 11.3. The molecule has 1 aromatic carbocycles. The van der Waals surface area contributed by atoms with Gasteiger partial charge in [0.2, 0.25) is 5.95 Å². The number of aromatic nitrogens is 4. The van der Waals surface area contributed by atoms with Crippen molar-refractivity contribution in [3.8, 4) is 0 Å². The van der Waals surface area contributed by atoms with Gasteiger partial charge in [-0.25, -0.2) is 4.68 Å². The summed E-state index contributed by atoms with van der Waals surface area (Å²) in [5, 5.41) is 13.7. The summed E-state index contributed by atoms with van der Waals surface area (Å²) in [4.78, 5) is 12.0. The van der Waals surface area contributed by atoms with Gasteiger partial charge in [-0.1, -0.05) is 31.1 Å². The highest BCUT2D eigenvalue weighted by molar-refractivity contribution is 6.03. The number of hydrogen-bond donors (Lipinski definition) is 1. The molecular weight excluding hydrogens is 242 g/mol. The topological polar surface area (TPSA) is 72.7 Å². The van der Waals surface area contributed by atoms with E-state index < -0.39 is 0 Å². The van der Waals surface area contributed by atoms with Gasteiger partial charge in [-0.3, -0.25) is 10.1 Å². The summed E-state index contributed by atoms with van der Waals surface area (Å²) >= 11 is 0. The zero-order chi connectivity index (χ0) is 13.8. The van der Waals surface area contributed by atoms with Crippen molar-refractivity contribution >= 4 is 11.9 Å². The summed E-state index contributed by atoms with van der Waals surface area (Å²) in [5.41, 5.74) is 1.80. The van der Waals surface area contributed by atoms with Gasteiger partial charge in [0.05, 0.1) is 0 Å². The number of hydrogen-bond acceptors (Lipinski definition) is 4. The second-order valence-electron chi connectivity index (χ2n) is 4.55. The lowest BCUT2D eigenvalue weighted by atomic mass is 10.0. The first kappa shape index (κ1) is 13.2. The van der Waals surface area contributed by atoms with E-state index in [0.717, 1.165) is 0 Å². The van der Waals surface area contributed by atoms with E-state index in [1.165, 1.54) is 10.2 Å². The van der Waals surface area contributed by atoms with Crippen LogP contribution >= 0.6 is 0 Å². The van der Waals surface area contributed by atoms with Gasteiger partial charge in [0.1, 0.15) is 0 Å². The van der Waals surface area contributed by atoms with E-state index >= 15 is 0 Å². The molecule has 0 aliphatic heterocycles. The average molecular weight is 259 g/mol. The van der Waals surface area contributed by atoms with Gasteiger partial charge in [0.25, 0.3) is 5.91 Å². The highest BCUT2D eigenvalue weighted by Crippen LogP contribution is 2.15. The van der Waals surface area contributed by atoms with Crippen LogP contribution in [0.4, 0.5) is 5.95 Å². The fourth-order valence-electron chi connectivity index (χ4n) is 1.70. The molecule has 0 atom stereocenters. The third kappa shape index (κ3) is 2.96. The van der Waals surface area contributed by atoms with Crippen molar-refractivity contribution in [2.75, 3.05) is 5.32 Å². The summed E-state index contributed by atoms with van der Waals surface area (Å²) < 4.78 is 1.53. The molecule has 2 aromatic rings. The summed E-state index contributed by atoms with van der Waals surface area (Å²) in [6.07, 6.45) is 0. The van der Waals surface area contributed by atoms with Crippen LogP contribution in [0.25, 0.3) is 0 Å². The van der Waals surface area contributed by atoms with Crippen LogP contribution < -0.4 is 5.32 Å². The van der Waals surface area contributed by atoms with Crippen molar-refractivity contribution in [3.05, 3.63) is 35.4 Å². The lowest BCUT2D eigenvalue weighted by Gasteiger charge is -2.07. The van der Waals surface area contributed by atoms with E-state index in [0.29, 0.717) is 24.0 Å². The van der Waals surface area contributed by atoms with E-state index in [1.54, 1.807) is 0 Å². The molecule has 6 heteroatoms. The third-order valence-corrected chi connectivity index (χ3v) is 2.90. The second kappa shape index (κ2) is 5.60. The molecule has 0 unspecified atom stereocenters. The Morgan fingerprint density at radius 2 is 2.00 bits per heavy atom. The fourth-order valence-corrected chi connectivity index (χ4v) is 1.70. The van der Waals surface area contributed by atoms with Crippen molar-refractivity contribution in [1.29, 1.82) is 0 Å². The molecule has 100 valence electrons. The number of carbonyl (C=O) groups excluding carboxylic acids is 1. The Labute approximate surface area is 111 Å². The third-order valence-electron chi connectivity index (χ3n) is 2.90. The maximum atomic E-state index is 12.0. The largest absolute Gasteiger partial charge is 0.289 e. The maximum absolute atomic E-state index is 12.0. The Balaban J connectivity index is 2.12. The number of nitrogens with one attached hydrogen (secondary N) is 1. The molecule has 0 aliphatic rings. The van der Waals surface area contributed by atoms with Gasteiger partial charge in [0, 0.05) is 12.1 Å². The van der Waals surface area contributed by atoms with Crippen LogP contribution in [0.2, 0.25) is 0 Å². The summed E-state index contributed by atoms with van der Waals surface area (Å²) in [7, 11) is 0. The van der Waals surface area contributed by atoms with E-state index in [-0.39, 0.29) is 5.91 Å². The van der Waals surface area contributed by atoms with Crippen LogP contribution in [0, 0.1) is 0 Å². The monoisotopic (exact) mass is 259 g/mol. The number of carbonyl (C=O) groups is 1. The number of benzene rings is 1. The van der Waals surface area contributed by atoms with E-state index in [2.05, 4.69) is 34.7 Å². The van der Waals surface area contributed by atoms with E-state index in [1.807, 2.05) is 31.2 Å². The Kier molecular flexibility index (Phi) is 3.89. The molecule has 1 heterocycles. The average Bonchev–Trinajstić information content (AvgIpc) is 2.86. The molecule has 2 rings (SSSR count). The predicted molar refractivity (Wildman–Crippen MR) is 72.0 cm³/mol. The molecule has 0 bridgehead atoms. The molecule has 0 saturated heterocycles. The second-order valence-corrected chi connectivity index (χ2v) is 4.55. The minimum absolute atomic E-state index is 0.209. The fraction of sp³-hybridized carbons (Fsp3) is 0.385. The van der Waals surface area contributed by atoms with Crippen molar-refractivity contribution in [2.45, 2.75) is 33.2 Å². The van der Waals surface area contributed by atoms with E-state index in [4.69, 9.17) is 0 Å². The number of tetrazole rings is 1. The molecule has 0 aliphatic carbocycles. The Hall–Kier alpha value is -2.24. The number of rotatable bonds is 4. The van der Waals surface area contributed by atoms with Crippen LogP contribution in [0.1, 0.15) is 42.6 Å². The number of amides is 1. The van der Waals surface area contributed by atoms with Gasteiger partial charge in [-0.05, 0) is 41.0 Å². The van der Waals surface area contributed by atoms with Crippen LogP contribution in [0.15, 0.2) is 24.3 Å². The molecular formula is C13H17N5O. The molecule has 0 radical (unpaired) electrons. The van der Waals surface area contributed by atoms with Crippen molar-refractivity contribution in [3.63, 3.8) is 0 Å². The predicted octanol–water partition coefficient (Wildman–Crippen LogP) is 2.07. The summed E-state index contributed by atoms with van der Waals surface area (Å²) in [5.74, 6) is 0.602. The standard InChI is InChI=1S/C13H17N5O/c1-4-18-13(15-16-17-18)14-12(19)11-7-5-10(6-8-11)9(2)3/h5-9H,4H2,1-3H3,(H,14,15,17,19). The molecule has 0 saturated carbocycles.